The zero-order valence-electron chi connectivity index (χ0n) is 14.9. The van der Waals surface area contributed by atoms with Gasteiger partial charge in [0.15, 0.2) is 0 Å². The van der Waals surface area contributed by atoms with Crippen LogP contribution in [-0.2, 0) is 9.59 Å². The quantitative estimate of drug-likeness (QED) is 0.799. The maximum atomic E-state index is 12.4. The lowest BCUT2D eigenvalue weighted by molar-refractivity contribution is -0.119. The monoisotopic (exact) mass is 376 g/mol. The first-order chi connectivity index (χ1) is 12.5. The number of piperidine rings is 1. The number of carbonyl (C=O) groups is 3. The van der Waals surface area contributed by atoms with E-state index < -0.39 is 5.97 Å². The number of amides is 2. The number of anilines is 1. The summed E-state index contributed by atoms with van der Waals surface area (Å²) in [5.74, 6) is -1.15. The minimum absolute atomic E-state index is 0.0791. The summed E-state index contributed by atoms with van der Waals surface area (Å²) in [5.41, 5.74) is 1.69. The molecule has 2 aliphatic rings. The van der Waals surface area contributed by atoms with Gasteiger partial charge in [-0.05, 0) is 50.2 Å². The summed E-state index contributed by atoms with van der Waals surface area (Å²) in [5, 5.41) is 9.68. The predicted octanol–water partition coefficient (Wildman–Crippen LogP) is 3.38. The molecule has 1 saturated heterocycles. The fourth-order valence-electron chi connectivity index (χ4n) is 3.81. The van der Waals surface area contributed by atoms with Crippen molar-refractivity contribution in [3.8, 4) is 0 Å². The summed E-state index contributed by atoms with van der Waals surface area (Å²) in [6.45, 7) is 2.65. The molecular formula is C19H24N2O4S. The standard InChI is InChI=1S/C19H24N2O4S/c1-13(23)21(15-7-9-20(12-22)10-8-15)16-11-17(26-18(16)19(24)25)14-5-3-2-4-6-14/h5,11-12,15H,2-4,6-10H2,1H3,(H,24,25). The van der Waals surface area contributed by atoms with Gasteiger partial charge >= 0.3 is 5.97 Å². The van der Waals surface area contributed by atoms with Gasteiger partial charge in [0.1, 0.15) is 4.88 Å². The average Bonchev–Trinajstić information content (AvgIpc) is 3.08. The number of allylic oxidation sites excluding steroid dienone is 2. The van der Waals surface area contributed by atoms with Crippen LogP contribution in [0.15, 0.2) is 12.1 Å². The zero-order chi connectivity index (χ0) is 18.7. The Labute approximate surface area is 157 Å². The van der Waals surface area contributed by atoms with Crippen molar-refractivity contribution in [3.63, 3.8) is 0 Å². The summed E-state index contributed by atoms with van der Waals surface area (Å²) in [6, 6.07) is 1.79. The maximum absolute atomic E-state index is 12.4. The highest BCUT2D eigenvalue weighted by molar-refractivity contribution is 7.15. The molecule has 1 aliphatic carbocycles. The van der Waals surface area contributed by atoms with Crippen molar-refractivity contribution >= 4 is 40.9 Å². The highest BCUT2D eigenvalue weighted by Gasteiger charge is 2.31. The number of likely N-dealkylation sites (tertiary alicyclic amines) is 1. The van der Waals surface area contributed by atoms with Gasteiger partial charge in [-0.15, -0.1) is 11.3 Å². The number of nitrogens with zero attached hydrogens (tertiary/aromatic N) is 2. The van der Waals surface area contributed by atoms with E-state index in [4.69, 9.17) is 0 Å². The van der Waals surface area contributed by atoms with E-state index in [9.17, 15) is 19.5 Å². The molecule has 0 radical (unpaired) electrons. The molecule has 2 heterocycles. The minimum atomic E-state index is -0.996. The number of aromatic carboxylic acids is 1. The first-order valence-electron chi connectivity index (χ1n) is 9.07. The Morgan fingerprint density at radius 2 is 2.04 bits per heavy atom. The van der Waals surface area contributed by atoms with Gasteiger partial charge in [-0.25, -0.2) is 4.79 Å². The van der Waals surface area contributed by atoms with Crippen LogP contribution in [-0.4, -0.2) is 47.4 Å². The Kier molecular flexibility index (Phi) is 5.76. The lowest BCUT2D eigenvalue weighted by Crippen LogP contribution is -2.47. The highest BCUT2D eigenvalue weighted by Crippen LogP contribution is 2.39. The van der Waals surface area contributed by atoms with Gasteiger partial charge < -0.3 is 14.9 Å². The van der Waals surface area contributed by atoms with Gasteiger partial charge in [0.2, 0.25) is 12.3 Å². The third-order valence-corrected chi connectivity index (χ3v) is 6.31. The molecule has 1 aromatic heterocycles. The Bertz CT molecular complexity index is 732. The third-order valence-electron chi connectivity index (χ3n) is 5.13. The highest BCUT2D eigenvalue weighted by atomic mass is 32.1. The summed E-state index contributed by atoms with van der Waals surface area (Å²) in [7, 11) is 0. The first kappa shape index (κ1) is 18.6. The predicted molar refractivity (Wildman–Crippen MR) is 102 cm³/mol. The Morgan fingerprint density at radius 3 is 2.58 bits per heavy atom. The van der Waals surface area contributed by atoms with Crippen LogP contribution in [0.5, 0.6) is 0 Å². The number of thiophene rings is 1. The second-order valence-electron chi connectivity index (χ2n) is 6.87. The summed E-state index contributed by atoms with van der Waals surface area (Å²) in [4.78, 5) is 39.6. The maximum Gasteiger partial charge on any atom is 0.348 e. The molecule has 7 heteroatoms. The number of carboxylic acids is 1. The molecule has 3 rings (SSSR count). The number of rotatable bonds is 5. The molecule has 1 aromatic rings. The summed E-state index contributed by atoms with van der Waals surface area (Å²) < 4.78 is 0. The number of carboxylic acid groups (broad SMARTS) is 1. The van der Waals surface area contributed by atoms with Crippen molar-refractivity contribution in [1.82, 2.24) is 4.90 Å². The van der Waals surface area contributed by atoms with E-state index in [0.29, 0.717) is 31.6 Å². The third kappa shape index (κ3) is 3.82. The van der Waals surface area contributed by atoms with E-state index in [-0.39, 0.29) is 16.8 Å². The van der Waals surface area contributed by atoms with Crippen LogP contribution in [0.3, 0.4) is 0 Å². The Balaban J connectivity index is 1.94. The molecule has 140 valence electrons. The van der Waals surface area contributed by atoms with Crippen molar-refractivity contribution in [2.75, 3.05) is 18.0 Å². The first-order valence-corrected chi connectivity index (χ1v) is 9.88. The Hall–Kier alpha value is -2.15. The molecule has 1 aliphatic heterocycles. The number of hydrogen-bond acceptors (Lipinski definition) is 4. The van der Waals surface area contributed by atoms with E-state index >= 15 is 0 Å². The topological polar surface area (TPSA) is 77.9 Å². The van der Waals surface area contributed by atoms with Crippen LogP contribution in [0.1, 0.15) is 60.0 Å². The van der Waals surface area contributed by atoms with E-state index in [1.54, 1.807) is 9.80 Å². The molecule has 26 heavy (non-hydrogen) atoms. The van der Waals surface area contributed by atoms with E-state index in [2.05, 4.69) is 6.08 Å². The molecule has 2 amide bonds. The summed E-state index contributed by atoms with van der Waals surface area (Å²) in [6.07, 6.45) is 8.59. The minimum Gasteiger partial charge on any atom is -0.477 e. The van der Waals surface area contributed by atoms with Crippen LogP contribution in [0.25, 0.3) is 5.57 Å². The van der Waals surface area contributed by atoms with Crippen molar-refractivity contribution in [1.29, 1.82) is 0 Å². The van der Waals surface area contributed by atoms with Gasteiger partial charge in [0, 0.05) is 30.9 Å². The summed E-state index contributed by atoms with van der Waals surface area (Å²) >= 11 is 1.26. The normalized spacial score (nSPS) is 18.3. The van der Waals surface area contributed by atoms with Crippen molar-refractivity contribution in [2.24, 2.45) is 0 Å². The smallest absolute Gasteiger partial charge is 0.348 e. The second kappa shape index (κ2) is 8.03. The number of carbonyl (C=O) groups excluding carboxylic acids is 2. The molecule has 0 saturated carbocycles. The molecule has 0 aromatic carbocycles. The van der Waals surface area contributed by atoms with Gasteiger partial charge in [0.25, 0.3) is 0 Å². The molecular weight excluding hydrogens is 352 g/mol. The van der Waals surface area contributed by atoms with E-state index in [1.165, 1.54) is 30.3 Å². The molecule has 0 bridgehead atoms. The van der Waals surface area contributed by atoms with Crippen LogP contribution in [0, 0.1) is 0 Å². The molecule has 1 N–H and O–H groups in total. The fraction of sp³-hybridized carbons (Fsp3) is 0.526. The second-order valence-corrected chi connectivity index (χ2v) is 7.92. The molecule has 0 spiro atoms. The molecule has 6 nitrogen and oxygen atoms in total. The lowest BCUT2D eigenvalue weighted by atomic mass is 9.98. The average molecular weight is 376 g/mol. The van der Waals surface area contributed by atoms with Gasteiger partial charge in [-0.1, -0.05) is 6.08 Å². The van der Waals surface area contributed by atoms with Crippen LogP contribution < -0.4 is 4.90 Å². The van der Waals surface area contributed by atoms with E-state index in [0.717, 1.165) is 30.5 Å². The molecule has 1 fully saturated rings. The van der Waals surface area contributed by atoms with E-state index in [1.807, 2.05) is 6.07 Å². The van der Waals surface area contributed by atoms with Gasteiger partial charge in [0.05, 0.1) is 5.69 Å². The number of hydrogen-bond donors (Lipinski definition) is 1. The van der Waals surface area contributed by atoms with Crippen molar-refractivity contribution in [2.45, 2.75) is 51.5 Å². The van der Waals surface area contributed by atoms with Crippen molar-refractivity contribution < 1.29 is 19.5 Å². The largest absolute Gasteiger partial charge is 0.477 e. The van der Waals surface area contributed by atoms with Gasteiger partial charge in [-0.2, -0.15) is 0 Å². The molecule has 0 unspecified atom stereocenters. The Morgan fingerprint density at radius 1 is 1.31 bits per heavy atom. The SMILES string of the molecule is CC(=O)N(c1cc(C2=CCCCC2)sc1C(=O)O)C1CCN(C=O)CC1. The van der Waals surface area contributed by atoms with Crippen LogP contribution >= 0.6 is 11.3 Å². The van der Waals surface area contributed by atoms with Crippen molar-refractivity contribution in [3.05, 3.63) is 21.9 Å². The molecule has 0 atom stereocenters. The van der Waals surface area contributed by atoms with Crippen LogP contribution in [0.2, 0.25) is 0 Å². The zero-order valence-corrected chi connectivity index (χ0v) is 15.8. The van der Waals surface area contributed by atoms with Gasteiger partial charge in [-0.3, -0.25) is 9.59 Å². The fourth-order valence-corrected chi connectivity index (χ4v) is 4.86. The van der Waals surface area contributed by atoms with Crippen LogP contribution in [0.4, 0.5) is 5.69 Å². The lowest BCUT2D eigenvalue weighted by Gasteiger charge is -2.36.